The molecule has 5 heterocycles. The minimum atomic E-state index is -1.93. The van der Waals surface area contributed by atoms with Gasteiger partial charge in [0.05, 0.1) is 49.8 Å². The summed E-state index contributed by atoms with van der Waals surface area (Å²) in [5.74, 6) is 0.601. The molecule has 2 saturated carbocycles. The summed E-state index contributed by atoms with van der Waals surface area (Å²) in [6.45, 7) is 9.35. The molecule has 19 heteroatoms. The zero-order valence-electron chi connectivity index (χ0n) is 37.1. The second-order valence-corrected chi connectivity index (χ2v) is 21.0. The van der Waals surface area contributed by atoms with E-state index in [0.29, 0.717) is 12.5 Å². The molecule has 0 radical (unpaired) electrons. The van der Waals surface area contributed by atoms with Gasteiger partial charge in [-0.25, -0.2) is 0 Å². The average Bonchev–Trinajstić information content (AvgIpc) is 3.71. The second-order valence-electron chi connectivity index (χ2n) is 21.0. The van der Waals surface area contributed by atoms with Crippen molar-refractivity contribution in [1.82, 2.24) is 0 Å². The highest BCUT2D eigenvalue weighted by atomic mass is 16.8. The Hall–Kier alpha value is -1.28. The second kappa shape index (κ2) is 17.3. The Kier molecular flexibility index (Phi) is 12.9. The molecule has 7 fully saturated rings. The SMILES string of the molecule is C[C@@H]1CC[C@@]2(OC1)O[C@H]1C[C@H]3C4=CC[C@@]5(O)C[C@@H](O[C@@H]6O[C@H](CO)[C@@H](O)[C@H](O[C@@H]7O[C@H](CO)[C@H](O)[C@H](O)[C@H]7O)[C@H]6O[C@@H]6O[C@@H](C)[C@H](O)[C@@H](O)[C@H]6O)[C@H](O)C[C@]5(C)C4=CC[C@]3(C)[C@H]1[C@@H]2C. The molecule has 26 atom stereocenters. The maximum atomic E-state index is 12.8. The molecular weight excluding hydrogens is 844 g/mol. The van der Waals surface area contributed by atoms with Crippen LogP contribution >= 0.6 is 0 Å². The van der Waals surface area contributed by atoms with Crippen LogP contribution in [0.3, 0.4) is 0 Å². The van der Waals surface area contributed by atoms with Crippen LogP contribution in [0.25, 0.3) is 0 Å². The van der Waals surface area contributed by atoms with Crippen LogP contribution in [0.15, 0.2) is 23.3 Å². The Morgan fingerprint density at radius 2 is 1.34 bits per heavy atom. The molecule has 11 N–H and O–H groups in total. The van der Waals surface area contributed by atoms with E-state index in [4.69, 9.17) is 37.9 Å². The van der Waals surface area contributed by atoms with E-state index >= 15 is 0 Å². The third-order valence-corrected chi connectivity index (χ3v) is 17.3. The van der Waals surface area contributed by atoms with Gasteiger partial charge in [0.25, 0.3) is 0 Å². The molecule has 4 aliphatic carbocycles. The van der Waals surface area contributed by atoms with E-state index in [1.165, 1.54) is 12.5 Å². The van der Waals surface area contributed by atoms with Crippen molar-refractivity contribution in [2.24, 2.45) is 34.5 Å². The lowest BCUT2D eigenvalue weighted by Crippen LogP contribution is -2.68. The molecule has 0 amide bonds. The number of fused-ring (bicyclic) bond motifs is 7. The highest BCUT2D eigenvalue weighted by Crippen LogP contribution is 2.69. The highest BCUT2D eigenvalue weighted by Gasteiger charge is 2.69. The quantitative estimate of drug-likeness (QED) is 0.128. The smallest absolute Gasteiger partial charge is 0.187 e. The van der Waals surface area contributed by atoms with E-state index in [1.54, 1.807) is 0 Å². The molecule has 1 spiro atoms. The summed E-state index contributed by atoms with van der Waals surface area (Å²) >= 11 is 0. The Bertz CT molecular complexity index is 1760. The number of rotatable bonds is 8. The highest BCUT2D eigenvalue weighted by molar-refractivity contribution is 5.49. The zero-order chi connectivity index (χ0) is 46.0. The van der Waals surface area contributed by atoms with Gasteiger partial charge in [-0.3, -0.25) is 0 Å². The Labute approximate surface area is 372 Å². The van der Waals surface area contributed by atoms with E-state index in [0.717, 1.165) is 31.3 Å². The maximum Gasteiger partial charge on any atom is 0.187 e. The standard InChI is InChI=1S/C45H70O19/c1-18-6-11-45(57-17-18)19(2)29-25(64-45)12-23-21-7-10-44(56)14-26(24(48)13-43(44,5)22(21)8-9-42(23,29)4)59-41-38(63-39-35(54)33(52)30(49)20(3)58-39)37(32(51)28(16-47)61-41)62-40-36(55)34(53)31(50)27(15-46)60-40/h7-8,18-20,23-41,46-56H,6,9-17H2,1-5H3/t18-,19+,20+,23+,24-,25+,26-,27-,28-,29+,30+,31+,32-,33-,34+,35-,36-,37+,38-,39+,40+,41-,42+,43-,44-,45-/m1/s1. The van der Waals surface area contributed by atoms with E-state index in [-0.39, 0.29) is 48.5 Å². The number of hydrogen-bond acceptors (Lipinski definition) is 19. The van der Waals surface area contributed by atoms with Gasteiger partial charge in [-0.05, 0) is 73.3 Å². The molecule has 19 nitrogen and oxygen atoms in total. The van der Waals surface area contributed by atoms with Gasteiger partial charge in [-0.1, -0.05) is 39.8 Å². The van der Waals surface area contributed by atoms with Crippen LogP contribution in [0, 0.1) is 34.5 Å². The van der Waals surface area contributed by atoms with E-state index in [1.807, 2.05) is 6.92 Å². The monoisotopic (exact) mass is 914 g/mol. The molecular formula is C45H70O19. The number of aliphatic hydroxyl groups excluding tert-OH is 10. The van der Waals surface area contributed by atoms with E-state index < -0.39 is 134 Å². The van der Waals surface area contributed by atoms with Crippen LogP contribution in [-0.4, -0.2) is 198 Å². The minimum absolute atomic E-state index is 0.0347. The fraction of sp³-hybridized carbons (Fsp3) is 0.911. The Morgan fingerprint density at radius 3 is 2.02 bits per heavy atom. The molecule has 64 heavy (non-hydrogen) atoms. The summed E-state index contributed by atoms with van der Waals surface area (Å²) < 4.78 is 49.5. The van der Waals surface area contributed by atoms with Crippen molar-refractivity contribution in [3.8, 4) is 0 Å². The molecule has 5 aliphatic heterocycles. The first-order valence-corrected chi connectivity index (χ1v) is 23.2. The normalized spacial score (nSPS) is 57.3. The summed E-state index contributed by atoms with van der Waals surface area (Å²) in [5.41, 5.74) is -0.260. The Balaban J connectivity index is 0.978. The minimum Gasteiger partial charge on any atom is -0.394 e. The van der Waals surface area contributed by atoms with Crippen molar-refractivity contribution in [1.29, 1.82) is 0 Å². The third-order valence-electron chi connectivity index (χ3n) is 17.3. The molecule has 0 aromatic heterocycles. The van der Waals surface area contributed by atoms with Crippen LogP contribution in [-0.2, 0) is 37.9 Å². The predicted octanol–water partition coefficient (Wildman–Crippen LogP) is -1.78. The van der Waals surface area contributed by atoms with E-state index in [9.17, 15) is 56.2 Å². The van der Waals surface area contributed by atoms with Crippen LogP contribution < -0.4 is 0 Å². The van der Waals surface area contributed by atoms with Crippen LogP contribution in [0.5, 0.6) is 0 Å². The largest absolute Gasteiger partial charge is 0.394 e. The van der Waals surface area contributed by atoms with Gasteiger partial charge in [-0.15, -0.1) is 0 Å². The predicted molar refractivity (Wildman–Crippen MR) is 217 cm³/mol. The summed E-state index contributed by atoms with van der Waals surface area (Å²) in [5, 5.41) is 121. The lowest BCUT2D eigenvalue weighted by atomic mass is 9.49. The van der Waals surface area contributed by atoms with Gasteiger partial charge in [0, 0.05) is 24.2 Å². The van der Waals surface area contributed by atoms with Crippen molar-refractivity contribution in [3.05, 3.63) is 23.3 Å². The van der Waals surface area contributed by atoms with E-state index in [2.05, 4.69) is 32.9 Å². The van der Waals surface area contributed by atoms with Crippen LogP contribution in [0.2, 0.25) is 0 Å². The number of aliphatic hydroxyl groups is 11. The summed E-state index contributed by atoms with van der Waals surface area (Å²) in [6.07, 6.45) is -19.2. The maximum absolute atomic E-state index is 12.8. The van der Waals surface area contributed by atoms with Gasteiger partial charge < -0.3 is 94.1 Å². The number of allylic oxidation sites excluding steroid dienone is 2. The topological polar surface area (TPSA) is 296 Å². The first kappa shape index (κ1) is 47.8. The van der Waals surface area contributed by atoms with Crippen molar-refractivity contribution >= 4 is 0 Å². The first-order valence-electron chi connectivity index (χ1n) is 23.2. The van der Waals surface area contributed by atoms with Crippen molar-refractivity contribution in [3.63, 3.8) is 0 Å². The molecule has 0 bridgehead atoms. The molecule has 5 saturated heterocycles. The fourth-order valence-electron chi connectivity index (χ4n) is 13.2. The van der Waals surface area contributed by atoms with Gasteiger partial charge in [0.15, 0.2) is 24.7 Å². The summed E-state index contributed by atoms with van der Waals surface area (Å²) in [6, 6.07) is 0. The number of ether oxygens (including phenoxy) is 8. The van der Waals surface area contributed by atoms with Crippen molar-refractivity contribution in [2.75, 3.05) is 19.8 Å². The number of hydrogen-bond donors (Lipinski definition) is 11. The molecule has 364 valence electrons. The zero-order valence-corrected chi connectivity index (χ0v) is 37.1. The molecule has 0 aromatic carbocycles. The van der Waals surface area contributed by atoms with Crippen molar-refractivity contribution in [2.45, 2.75) is 201 Å². The van der Waals surface area contributed by atoms with Gasteiger partial charge in [0.2, 0.25) is 0 Å². The lowest BCUT2D eigenvalue weighted by Gasteiger charge is -2.59. The van der Waals surface area contributed by atoms with Gasteiger partial charge in [0.1, 0.15) is 67.1 Å². The first-order chi connectivity index (χ1) is 30.2. The average molecular weight is 915 g/mol. The van der Waals surface area contributed by atoms with Crippen LogP contribution in [0.4, 0.5) is 0 Å². The molecule has 0 aromatic rings. The fourth-order valence-corrected chi connectivity index (χ4v) is 13.2. The van der Waals surface area contributed by atoms with Gasteiger partial charge >= 0.3 is 0 Å². The summed E-state index contributed by atoms with van der Waals surface area (Å²) in [4.78, 5) is 0. The van der Waals surface area contributed by atoms with Crippen LogP contribution in [0.1, 0.15) is 79.6 Å². The molecule has 9 rings (SSSR count). The lowest BCUT2D eigenvalue weighted by molar-refractivity contribution is -0.397. The summed E-state index contributed by atoms with van der Waals surface area (Å²) in [7, 11) is 0. The third kappa shape index (κ3) is 7.43. The molecule has 0 unspecified atom stereocenters. The van der Waals surface area contributed by atoms with Crippen molar-refractivity contribution < 1.29 is 94.1 Å². The molecule has 9 aliphatic rings. The Morgan fingerprint density at radius 1 is 0.703 bits per heavy atom. The van der Waals surface area contributed by atoms with Gasteiger partial charge in [-0.2, -0.15) is 0 Å².